The van der Waals surface area contributed by atoms with Gasteiger partial charge in [-0.3, -0.25) is 4.79 Å². The smallest absolute Gasteiger partial charge is 0.303 e. The summed E-state index contributed by atoms with van der Waals surface area (Å²) in [6, 6.07) is 0.506. The Morgan fingerprint density at radius 3 is 2.35 bits per heavy atom. The molecule has 1 atom stereocenters. The fourth-order valence-corrected chi connectivity index (χ4v) is 1.88. The van der Waals surface area contributed by atoms with Crippen LogP contribution in [-0.4, -0.2) is 32.4 Å². The molecular formula is C13H18FNO5. The summed E-state index contributed by atoms with van der Waals surface area (Å²) < 4.78 is 29.5. The molecule has 1 aromatic rings. The molecule has 0 radical (unpaired) electrons. The molecule has 0 spiro atoms. The molecule has 7 heteroatoms. The van der Waals surface area contributed by atoms with Crippen LogP contribution in [-0.2, 0) is 4.79 Å². The molecule has 0 fully saturated rings. The molecule has 0 saturated heterocycles. The zero-order valence-corrected chi connectivity index (χ0v) is 11.6. The highest BCUT2D eigenvalue weighted by molar-refractivity contribution is 5.66. The second-order valence-corrected chi connectivity index (χ2v) is 4.08. The Balaban J connectivity index is 3.29. The van der Waals surface area contributed by atoms with Crippen LogP contribution in [0.25, 0.3) is 0 Å². The lowest BCUT2D eigenvalue weighted by Crippen LogP contribution is -2.16. The van der Waals surface area contributed by atoms with Crippen LogP contribution in [0.3, 0.4) is 0 Å². The zero-order valence-electron chi connectivity index (χ0n) is 11.6. The minimum atomic E-state index is -1.00. The van der Waals surface area contributed by atoms with Crippen LogP contribution < -0.4 is 19.9 Å². The van der Waals surface area contributed by atoms with Crippen molar-refractivity contribution < 1.29 is 28.5 Å². The van der Waals surface area contributed by atoms with E-state index in [2.05, 4.69) is 0 Å². The maximum absolute atomic E-state index is 14.3. The van der Waals surface area contributed by atoms with Crippen LogP contribution in [0.2, 0.25) is 0 Å². The highest BCUT2D eigenvalue weighted by Crippen LogP contribution is 2.41. The highest BCUT2D eigenvalue weighted by Gasteiger charge is 2.25. The van der Waals surface area contributed by atoms with Crippen LogP contribution in [0, 0.1) is 5.82 Å². The Bertz CT molecular complexity index is 492. The number of nitrogens with two attached hydrogens (primary N) is 1. The summed E-state index contributed by atoms with van der Waals surface area (Å²) in [5.41, 5.74) is 5.92. The quantitative estimate of drug-likeness (QED) is 0.793. The van der Waals surface area contributed by atoms with Crippen LogP contribution in [0.5, 0.6) is 17.2 Å². The van der Waals surface area contributed by atoms with Gasteiger partial charge in [0, 0.05) is 18.5 Å². The van der Waals surface area contributed by atoms with E-state index in [1.165, 1.54) is 27.4 Å². The molecule has 1 aromatic carbocycles. The Hall–Kier alpha value is -2.02. The molecule has 0 aromatic heterocycles. The van der Waals surface area contributed by atoms with Crippen LogP contribution in [0.1, 0.15) is 24.4 Å². The van der Waals surface area contributed by atoms with E-state index in [4.69, 9.17) is 25.1 Å². The van der Waals surface area contributed by atoms with Gasteiger partial charge in [-0.1, -0.05) is 0 Å². The molecule has 0 amide bonds. The predicted octanol–water partition coefficient (Wildman–Crippen LogP) is 1.72. The number of carboxylic acid groups (broad SMARTS) is 1. The van der Waals surface area contributed by atoms with Gasteiger partial charge in [0.25, 0.3) is 0 Å². The number of methoxy groups -OCH3 is 3. The predicted molar refractivity (Wildman–Crippen MR) is 69.9 cm³/mol. The van der Waals surface area contributed by atoms with Crippen molar-refractivity contribution in [1.29, 1.82) is 0 Å². The minimum Gasteiger partial charge on any atom is -0.494 e. The van der Waals surface area contributed by atoms with E-state index < -0.39 is 17.8 Å². The number of carboxylic acids is 1. The number of rotatable bonds is 7. The van der Waals surface area contributed by atoms with Crippen molar-refractivity contribution in [3.63, 3.8) is 0 Å². The number of benzene rings is 1. The monoisotopic (exact) mass is 287 g/mol. The zero-order chi connectivity index (χ0) is 15.3. The number of hydrogen-bond acceptors (Lipinski definition) is 5. The molecule has 6 nitrogen and oxygen atoms in total. The maximum atomic E-state index is 14.3. The van der Waals surface area contributed by atoms with Crippen LogP contribution >= 0.6 is 0 Å². The third kappa shape index (κ3) is 3.30. The summed E-state index contributed by atoms with van der Waals surface area (Å²) in [5, 5.41) is 8.68. The summed E-state index contributed by atoms with van der Waals surface area (Å²) in [4.78, 5) is 10.6. The van der Waals surface area contributed by atoms with Crippen molar-refractivity contribution in [2.24, 2.45) is 5.73 Å². The average molecular weight is 287 g/mol. The molecule has 0 bridgehead atoms. The third-order valence-corrected chi connectivity index (χ3v) is 2.87. The van der Waals surface area contributed by atoms with E-state index in [0.717, 1.165) is 0 Å². The normalized spacial score (nSPS) is 11.8. The van der Waals surface area contributed by atoms with Crippen molar-refractivity contribution >= 4 is 5.97 Å². The number of carbonyl (C=O) groups is 1. The Labute approximate surface area is 116 Å². The molecule has 0 aliphatic rings. The lowest BCUT2D eigenvalue weighted by molar-refractivity contribution is -0.137. The van der Waals surface area contributed by atoms with Crippen molar-refractivity contribution in [2.45, 2.75) is 18.9 Å². The fraction of sp³-hybridized carbons (Fsp3) is 0.462. The minimum absolute atomic E-state index is 0.0385. The second kappa shape index (κ2) is 6.95. The fourth-order valence-electron chi connectivity index (χ4n) is 1.88. The molecule has 3 N–H and O–H groups in total. The summed E-state index contributed by atoms with van der Waals surface area (Å²) in [6.45, 7) is 0. The van der Waals surface area contributed by atoms with Gasteiger partial charge in [-0.15, -0.1) is 0 Å². The van der Waals surface area contributed by atoms with E-state index in [-0.39, 0.29) is 35.7 Å². The standard InChI is InChI=1S/C13H18FNO5/c1-18-8-6-9(19-2)13(20-3)11(12(8)14)7(15)4-5-10(16)17/h6-7H,4-5,15H2,1-3H3,(H,16,17). The first-order chi connectivity index (χ1) is 9.46. The molecule has 1 rings (SSSR count). The van der Waals surface area contributed by atoms with Crippen molar-refractivity contribution in [1.82, 2.24) is 0 Å². The summed E-state index contributed by atoms with van der Waals surface area (Å²) in [7, 11) is 4.08. The molecule has 0 aliphatic carbocycles. The first-order valence-corrected chi connectivity index (χ1v) is 5.91. The van der Waals surface area contributed by atoms with Gasteiger partial charge in [0.05, 0.1) is 26.9 Å². The Morgan fingerprint density at radius 1 is 1.30 bits per heavy atom. The van der Waals surface area contributed by atoms with E-state index >= 15 is 0 Å². The lowest BCUT2D eigenvalue weighted by atomic mass is 10.00. The van der Waals surface area contributed by atoms with Gasteiger partial charge < -0.3 is 25.1 Å². The van der Waals surface area contributed by atoms with Gasteiger partial charge in [0.15, 0.2) is 23.1 Å². The largest absolute Gasteiger partial charge is 0.494 e. The van der Waals surface area contributed by atoms with Gasteiger partial charge in [-0.2, -0.15) is 0 Å². The lowest BCUT2D eigenvalue weighted by Gasteiger charge is -2.20. The molecule has 112 valence electrons. The summed E-state index contributed by atoms with van der Waals surface area (Å²) >= 11 is 0. The molecular weight excluding hydrogens is 269 g/mol. The number of halogens is 1. The maximum Gasteiger partial charge on any atom is 0.303 e. The van der Waals surface area contributed by atoms with Crippen LogP contribution in [0.4, 0.5) is 4.39 Å². The number of hydrogen-bond donors (Lipinski definition) is 2. The van der Waals surface area contributed by atoms with Crippen molar-refractivity contribution in [3.8, 4) is 17.2 Å². The topological polar surface area (TPSA) is 91.0 Å². The van der Waals surface area contributed by atoms with Crippen molar-refractivity contribution in [2.75, 3.05) is 21.3 Å². The summed E-state index contributed by atoms with van der Waals surface area (Å²) in [5.74, 6) is -1.31. The van der Waals surface area contributed by atoms with Gasteiger partial charge in [0.2, 0.25) is 0 Å². The first kappa shape index (κ1) is 16.0. The number of aliphatic carboxylic acids is 1. The molecule has 0 aliphatic heterocycles. The van der Waals surface area contributed by atoms with E-state index in [0.29, 0.717) is 0 Å². The Kier molecular flexibility index (Phi) is 5.57. The molecule has 1 unspecified atom stereocenters. The van der Waals surface area contributed by atoms with Gasteiger partial charge in [-0.25, -0.2) is 4.39 Å². The van der Waals surface area contributed by atoms with Gasteiger partial charge in [0.1, 0.15) is 0 Å². The number of ether oxygens (including phenoxy) is 3. The van der Waals surface area contributed by atoms with Crippen molar-refractivity contribution in [3.05, 3.63) is 17.4 Å². The van der Waals surface area contributed by atoms with Gasteiger partial charge in [-0.05, 0) is 6.42 Å². The Morgan fingerprint density at radius 2 is 1.90 bits per heavy atom. The molecule has 0 saturated carbocycles. The molecule has 0 heterocycles. The summed E-state index contributed by atoms with van der Waals surface area (Å²) in [6.07, 6.45) is -0.109. The third-order valence-electron chi connectivity index (χ3n) is 2.87. The van der Waals surface area contributed by atoms with Crippen LogP contribution in [0.15, 0.2) is 6.07 Å². The van der Waals surface area contributed by atoms with Gasteiger partial charge >= 0.3 is 5.97 Å². The first-order valence-electron chi connectivity index (χ1n) is 5.91. The van der Waals surface area contributed by atoms with E-state index in [1.54, 1.807) is 0 Å². The molecule has 20 heavy (non-hydrogen) atoms. The van der Waals surface area contributed by atoms with E-state index in [1.807, 2.05) is 0 Å². The average Bonchev–Trinajstić information content (AvgIpc) is 2.43. The second-order valence-electron chi connectivity index (χ2n) is 4.08. The highest BCUT2D eigenvalue weighted by atomic mass is 19.1. The SMILES string of the molecule is COc1cc(OC)c(OC)c(C(N)CCC(=O)O)c1F. The van der Waals surface area contributed by atoms with E-state index in [9.17, 15) is 9.18 Å².